The summed E-state index contributed by atoms with van der Waals surface area (Å²) in [6.07, 6.45) is 16.1. The molecule has 0 unspecified atom stereocenters. The van der Waals surface area contributed by atoms with Gasteiger partial charge in [-0.2, -0.15) is 0 Å². The summed E-state index contributed by atoms with van der Waals surface area (Å²) in [5, 5.41) is 0. The van der Waals surface area contributed by atoms with Crippen molar-refractivity contribution in [3.63, 3.8) is 0 Å². The summed E-state index contributed by atoms with van der Waals surface area (Å²) in [7, 11) is 0. The van der Waals surface area contributed by atoms with Crippen molar-refractivity contribution in [1.82, 2.24) is 0 Å². The average molecular weight is 475 g/mol. The van der Waals surface area contributed by atoms with E-state index in [2.05, 4.69) is 72.7 Å². The molecule has 2 heteroatoms. The summed E-state index contributed by atoms with van der Waals surface area (Å²) < 4.78 is 0. The molecule has 0 aliphatic carbocycles. The first-order valence-corrected chi connectivity index (χ1v) is 14.4. The van der Waals surface area contributed by atoms with E-state index >= 15 is 0 Å². The van der Waals surface area contributed by atoms with Crippen LogP contribution in [0, 0.1) is 6.92 Å². The molecule has 0 fully saturated rings. The molecule has 2 rings (SSSR count). The van der Waals surface area contributed by atoms with E-state index in [1.165, 1.54) is 72.8 Å². The van der Waals surface area contributed by atoms with Gasteiger partial charge in [0.25, 0.3) is 0 Å². The van der Waals surface area contributed by atoms with Crippen LogP contribution in [0.3, 0.4) is 0 Å². The minimum atomic E-state index is 0.876. The van der Waals surface area contributed by atoms with Gasteiger partial charge in [-0.05, 0) is 116 Å². The standard InChI is InChI=1S/C33H50N2/c1-8-14-16-17-19-28-23-31(21-26(10-3)33(28)13-6)35-29(11-4)24-34-30-20-25(7)32(12-5)27(22-30)18-15-9-2/h20-24H,8-19H2,1-7H3. The van der Waals surface area contributed by atoms with E-state index in [9.17, 15) is 0 Å². The molecule has 0 radical (unpaired) electrons. The SMILES string of the molecule is CCCCCCc1cc(N=C(C=Nc2cc(C)c(CC)c(CCCC)c2)CC)cc(CC)c1CC. The lowest BCUT2D eigenvalue weighted by atomic mass is 9.93. The molecule has 0 spiro atoms. The maximum atomic E-state index is 5.08. The summed E-state index contributed by atoms with van der Waals surface area (Å²) in [6, 6.07) is 9.18. The number of rotatable bonds is 15. The normalized spacial score (nSPS) is 12.1. The predicted octanol–water partition coefficient (Wildman–Crippen LogP) is 10.0. The minimum Gasteiger partial charge on any atom is -0.255 e. The number of benzene rings is 2. The molecule has 0 saturated heterocycles. The molecular weight excluding hydrogens is 424 g/mol. The van der Waals surface area contributed by atoms with Crippen molar-refractivity contribution in [2.24, 2.45) is 9.98 Å². The van der Waals surface area contributed by atoms with Gasteiger partial charge in [0.2, 0.25) is 0 Å². The van der Waals surface area contributed by atoms with E-state index in [-0.39, 0.29) is 0 Å². The summed E-state index contributed by atoms with van der Waals surface area (Å²) >= 11 is 0. The van der Waals surface area contributed by atoms with Crippen LogP contribution in [-0.4, -0.2) is 11.9 Å². The molecule has 2 nitrogen and oxygen atoms in total. The van der Waals surface area contributed by atoms with Crippen LogP contribution in [-0.2, 0) is 32.1 Å². The van der Waals surface area contributed by atoms with Crippen LogP contribution in [0.25, 0.3) is 0 Å². The van der Waals surface area contributed by atoms with Crippen molar-refractivity contribution < 1.29 is 0 Å². The van der Waals surface area contributed by atoms with Gasteiger partial charge in [0.05, 0.1) is 17.1 Å². The van der Waals surface area contributed by atoms with Crippen molar-refractivity contribution in [3.05, 3.63) is 57.6 Å². The van der Waals surface area contributed by atoms with Crippen LogP contribution in [0.15, 0.2) is 34.3 Å². The number of unbranched alkanes of at least 4 members (excludes halogenated alkanes) is 4. The second kappa shape index (κ2) is 15.7. The first-order chi connectivity index (χ1) is 17.0. The number of aryl methyl sites for hydroxylation is 4. The largest absolute Gasteiger partial charge is 0.255 e. The lowest BCUT2D eigenvalue weighted by Crippen LogP contribution is -2.01. The highest BCUT2D eigenvalue weighted by Crippen LogP contribution is 2.27. The van der Waals surface area contributed by atoms with Gasteiger partial charge in [0.15, 0.2) is 0 Å². The highest BCUT2D eigenvalue weighted by molar-refractivity contribution is 6.31. The first-order valence-electron chi connectivity index (χ1n) is 14.4. The third kappa shape index (κ3) is 8.74. The molecule has 2 aromatic carbocycles. The Kier molecular flexibility index (Phi) is 13.0. The summed E-state index contributed by atoms with van der Waals surface area (Å²) in [4.78, 5) is 9.97. The fourth-order valence-corrected chi connectivity index (χ4v) is 5.13. The molecule has 0 amide bonds. The van der Waals surface area contributed by atoms with Crippen molar-refractivity contribution in [1.29, 1.82) is 0 Å². The van der Waals surface area contributed by atoms with Crippen LogP contribution < -0.4 is 0 Å². The summed E-state index contributed by atoms with van der Waals surface area (Å²) in [6.45, 7) is 15.8. The maximum Gasteiger partial charge on any atom is 0.0639 e. The van der Waals surface area contributed by atoms with E-state index in [4.69, 9.17) is 9.98 Å². The number of aliphatic imine (C=N–C) groups is 2. The fraction of sp³-hybridized carbons (Fsp3) is 0.576. The molecule has 0 heterocycles. The van der Waals surface area contributed by atoms with Gasteiger partial charge in [0, 0.05) is 6.21 Å². The molecule has 2 aromatic rings. The Balaban J connectivity index is 2.35. The van der Waals surface area contributed by atoms with Crippen molar-refractivity contribution in [3.8, 4) is 0 Å². The highest BCUT2D eigenvalue weighted by atomic mass is 14.8. The zero-order valence-electron chi connectivity index (χ0n) is 23.8. The summed E-state index contributed by atoms with van der Waals surface area (Å²) in [5.74, 6) is 0. The number of hydrogen-bond acceptors (Lipinski definition) is 2. The molecule has 0 saturated carbocycles. The smallest absolute Gasteiger partial charge is 0.0639 e. The van der Waals surface area contributed by atoms with Gasteiger partial charge in [-0.1, -0.05) is 67.2 Å². The van der Waals surface area contributed by atoms with Crippen LogP contribution >= 0.6 is 0 Å². The van der Waals surface area contributed by atoms with Crippen molar-refractivity contribution in [2.45, 2.75) is 126 Å². The lowest BCUT2D eigenvalue weighted by molar-refractivity contribution is 0.664. The van der Waals surface area contributed by atoms with Gasteiger partial charge >= 0.3 is 0 Å². The minimum absolute atomic E-state index is 0.876. The highest BCUT2D eigenvalue weighted by Gasteiger charge is 2.10. The molecule has 35 heavy (non-hydrogen) atoms. The molecule has 0 N–H and O–H groups in total. The number of nitrogens with zero attached hydrogens (tertiary/aromatic N) is 2. The van der Waals surface area contributed by atoms with Gasteiger partial charge in [-0.15, -0.1) is 0 Å². The molecule has 0 bridgehead atoms. The Morgan fingerprint density at radius 1 is 0.657 bits per heavy atom. The Bertz CT molecular complexity index is 981. The fourth-order valence-electron chi connectivity index (χ4n) is 5.13. The third-order valence-electron chi connectivity index (χ3n) is 7.15. The van der Waals surface area contributed by atoms with Gasteiger partial charge < -0.3 is 0 Å². The maximum absolute atomic E-state index is 5.08. The van der Waals surface area contributed by atoms with E-state index in [0.29, 0.717) is 0 Å². The van der Waals surface area contributed by atoms with E-state index < -0.39 is 0 Å². The Hall–Kier alpha value is -2.22. The molecule has 0 aromatic heterocycles. The topological polar surface area (TPSA) is 24.7 Å². The Labute approximate surface area is 216 Å². The van der Waals surface area contributed by atoms with Crippen LogP contribution in [0.2, 0.25) is 0 Å². The zero-order valence-corrected chi connectivity index (χ0v) is 23.8. The first kappa shape index (κ1) is 29.0. The van der Waals surface area contributed by atoms with E-state index in [1.807, 2.05) is 6.21 Å². The summed E-state index contributed by atoms with van der Waals surface area (Å²) in [5.41, 5.74) is 12.0. The lowest BCUT2D eigenvalue weighted by Gasteiger charge is -2.15. The van der Waals surface area contributed by atoms with E-state index in [0.717, 1.165) is 49.2 Å². The van der Waals surface area contributed by atoms with Crippen LogP contribution in [0.1, 0.15) is 120 Å². The molecule has 0 atom stereocenters. The van der Waals surface area contributed by atoms with Crippen molar-refractivity contribution >= 4 is 23.3 Å². The van der Waals surface area contributed by atoms with Crippen LogP contribution in [0.4, 0.5) is 11.4 Å². The Morgan fingerprint density at radius 2 is 1.29 bits per heavy atom. The van der Waals surface area contributed by atoms with Gasteiger partial charge in [0.1, 0.15) is 0 Å². The molecule has 0 aliphatic heterocycles. The average Bonchev–Trinajstić information content (AvgIpc) is 2.87. The van der Waals surface area contributed by atoms with Crippen LogP contribution in [0.5, 0.6) is 0 Å². The van der Waals surface area contributed by atoms with Gasteiger partial charge in [-0.3, -0.25) is 9.98 Å². The molecule has 0 aliphatic rings. The Morgan fingerprint density at radius 3 is 1.91 bits per heavy atom. The second-order valence-electron chi connectivity index (χ2n) is 9.83. The molecule has 192 valence electrons. The van der Waals surface area contributed by atoms with Crippen molar-refractivity contribution in [2.75, 3.05) is 0 Å². The molecular formula is C33H50N2. The zero-order chi connectivity index (χ0) is 25.6. The second-order valence-corrected chi connectivity index (χ2v) is 9.83. The quantitative estimate of drug-likeness (QED) is 0.181. The predicted molar refractivity (Wildman–Crippen MR) is 158 cm³/mol. The van der Waals surface area contributed by atoms with Gasteiger partial charge in [-0.25, -0.2) is 0 Å². The monoisotopic (exact) mass is 474 g/mol. The third-order valence-corrected chi connectivity index (χ3v) is 7.15. The number of hydrogen-bond donors (Lipinski definition) is 0. The van der Waals surface area contributed by atoms with E-state index in [1.54, 1.807) is 5.56 Å².